The van der Waals surface area contributed by atoms with E-state index in [1.807, 2.05) is 50.2 Å². The third-order valence-corrected chi connectivity index (χ3v) is 4.82. The number of carbonyl (C=O) groups is 3. The topological polar surface area (TPSA) is 84.5 Å². The molecule has 0 bridgehead atoms. The number of anilines is 2. The quantitative estimate of drug-likeness (QED) is 0.472. The van der Waals surface area contributed by atoms with E-state index in [1.165, 1.54) is 0 Å². The standard InChI is InChI=1S/C26H26N2O4/c1-18-11-12-19(2)23(15-18)24(29)13-14-25(30)28-21-9-6-10-22(16-21)32-17-26(31)27-20-7-4-3-5-8-20/h3-12,15-16H,13-14,17H2,1-2H3,(H,27,31)(H,28,30). The number of nitrogens with one attached hydrogen (secondary N) is 2. The van der Waals surface area contributed by atoms with Gasteiger partial charge < -0.3 is 15.4 Å². The zero-order valence-electron chi connectivity index (χ0n) is 18.2. The van der Waals surface area contributed by atoms with E-state index in [-0.39, 0.29) is 37.0 Å². The summed E-state index contributed by atoms with van der Waals surface area (Å²) in [5, 5.41) is 5.51. The summed E-state index contributed by atoms with van der Waals surface area (Å²) in [5.74, 6) is -0.140. The van der Waals surface area contributed by atoms with Crippen molar-refractivity contribution < 1.29 is 19.1 Å². The number of ether oxygens (including phenoxy) is 1. The van der Waals surface area contributed by atoms with Gasteiger partial charge in [0.1, 0.15) is 5.75 Å². The van der Waals surface area contributed by atoms with Crippen LogP contribution in [0.1, 0.15) is 34.3 Å². The minimum absolute atomic E-state index is 0.0529. The van der Waals surface area contributed by atoms with Gasteiger partial charge >= 0.3 is 0 Å². The third kappa shape index (κ3) is 6.80. The van der Waals surface area contributed by atoms with E-state index >= 15 is 0 Å². The lowest BCUT2D eigenvalue weighted by Gasteiger charge is -2.10. The van der Waals surface area contributed by atoms with Crippen LogP contribution in [0.3, 0.4) is 0 Å². The third-order valence-electron chi connectivity index (χ3n) is 4.82. The van der Waals surface area contributed by atoms with Crippen LogP contribution in [-0.4, -0.2) is 24.2 Å². The van der Waals surface area contributed by atoms with Crippen molar-refractivity contribution in [3.05, 3.63) is 89.5 Å². The predicted molar refractivity (Wildman–Crippen MR) is 125 cm³/mol. The van der Waals surface area contributed by atoms with Crippen molar-refractivity contribution in [1.29, 1.82) is 0 Å². The van der Waals surface area contributed by atoms with Gasteiger partial charge in [-0.05, 0) is 49.7 Å². The molecule has 0 aliphatic heterocycles. The van der Waals surface area contributed by atoms with Crippen molar-refractivity contribution in [1.82, 2.24) is 0 Å². The molecule has 0 spiro atoms. The lowest BCUT2D eigenvalue weighted by molar-refractivity contribution is -0.118. The van der Waals surface area contributed by atoms with Crippen LogP contribution in [0.15, 0.2) is 72.8 Å². The highest BCUT2D eigenvalue weighted by molar-refractivity contribution is 6.01. The minimum atomic E-state index is -0.282. The Labute approximate surface area is 187 Å². The summed E-state index contributed by atoms with van der Waals surface area (Å²) >= 11 is 0. The fourth-order valence-electron chi connectivity index (χ4n) is 3.15. The molecule has 3 rings (SSSR count). The van der Waals surface area contributed by atoms with Crippen molar-refractivity contribution in [3.63, 3.8) is 0 Å². The molecule has 3 aromatic carbocycles. The van der Waals surface area contributed by atoms with Gasteiger partial charge in [0.05, 0.1) is 0 Å². The number of carbonyl (C=O) groups excluding carboxylic acids is 3. The molecule has 0 aliphatic carbocycles. The van der Waals surface area contributed by atoms with E-state index in [9.17, 15) is 14.4 Å². The molecule has 32 heavy (non-hydrogen) atoms. The number of benzene rings is 3. The highest BCUT2D eigenvalue weighted by Gasteiger charge is 2.12. The Morgan fingerprint density at radius 3 is 2.25 bits per heavy atom. The van der Waals surface area contributed by atoms with E-state index in [2.05, 4.69) is 10.6 Å². The molecule has 0 saturated carbocycles. The van der Waals surface area contributed by atoms with Crippen molar-refractivity contribution in [2.24, 2.45) is 0 Å². The van der Waals surface area contributed by atoms with Gasteiger partial charge in [0.15, 0.2) is 12.4 Å². The first-order valence-electron chi connectivity index (χ1n) is 10.4. The fraction of sp³-hybridized carbons (Fsp3) is 0.192. The van der Waals surface area contributed by atoms with Crippen LogP contribution in [-0.2, 0) is 9.59 Å². The number of hydrogen-bond donors (Lipinski definition) is 2. The zero-order valence-corrected chi connectivity index (χ0v) is 18.2. The van der Waals surface area contributed by atoms with Crippen LogP contribution in [0.5, 0.6) is 5.75 Å². The molecule has 0 aliphatic rings. The molecule has 3 aromatic rings. The summed E-state index contributed by atoms with van der Waals surface area (Å²) in [4.78, 5) is 36.8. The first kappa shape index (κ1) is 22.7. The Morgan fingerprint density at radius 1 is 0.750 bits per heavy atom. The smallest absolute Gasteiger partial charge is 0.262 e. The maximum atomic E-state index is 12.5. The summed E-state index contributed by atoms with van der Waals surface area (Å²) in [6.07, 6.45) is 0.211. The molecule has 0 saturated heterocycles. The highest BCUT2D eigenvalue weighted by Crippen LogP contribution is 2.19. The number of aryl methyl sites for hydroxylation is 2. The molecule has 0 heterocycles. The Hall–Kier alpha value is -3.93. The van der Waals surface area contributed by atoms with E-state index in [4.69, 9.17) is 4.74 Å². The van der Waals surface area contributed by atoms with Crippen molar-refractivity contribution in [3.8, 4) is 5.75 Å². The van der Waals surface area contributed by atoms with Crippen LogP contribution in [0.2, 0.25) is 0 Å². The van der Waals surface area contributed by atoms with Gasteiger partial charge in [-0.1, -0.05) is 42.0 Å². The zero-order chi connectivity index (χ0) is 22.9. The SMILES string of the molecule is Cc1ccc(C)c(C(=O)CCC(=O)Nc2cccc(OCC(=O)Nc3ccccc3)c2)c1. The number of hydrogen-bond acceptors (Lipinski definition) is 4. The lowest BCUT2D eigenvalue weighted by atomic mass is 9.99. The van der Waals surface area contributed by atoms with Gasteiger partial charge in [-0.15, -0.1) is 0 Å². The summed E-state index contributed by atoms with van der Waals surface area (Å²) in [6, 6.07) is 21.6. The first-order valence-corrected chi connectivity index (χ1v) is 10.4. The summed E-state index contributed by atoms with van der Waals surface area (Å²) in [7, 11) is 0. The van der Waals surface area contributed by atoms with Crippen LogP contribution in [0.4, 0.5) is 11.4 Å². The van der Waals surface area contributed by atoms with Crippen LogP contribution >= 0.6 is 0 Å². The second kappa shape index (κ2) is 10.9. The monoisotopic (exact) mass is 430 g/mol. The minimum Gasteiger partial charge on any atom is -0.484 e. The van der Waals surface area contributed by atoms with Crippen molar-refractivity contribution >= 4 is 29.0 Å². The Balaban J connectivity index is 1.48. The summed E-state index contributed by atoms with van der Waals surface area (Å²) in [5.41, 5.74) is 3.80. The number of rotatable bonds is 9. The Bertz CT molecular complexity index is 1110. The van der Waals surface area contributed by atoms with Gasteiger partial charge in [-0.2, -0.15) is 0 Å². The van der Waals surface area contributed by atoms with Gasteiger partial charge in [-0.3, -0.25) is 14.4 Å². The molecule has 2 amide bonds. The molecule has 0 fully saturated rings. The van der Waals surface area contributed by atoms with Crippen molar-refractivity contribution in [2.75, 3.05) is 17.2 Å². The summed E-state index contributed by atoms with van der Waals surface area (Å²) < 4.78 is 5.53. The number of amides is 2. The maximum Gasteiger partial charge on any atom is 0.262 e. The Morgan fingerprint density at radius 2 is 1.47 bits per heavy atom. The largest absolute Gasteiger partial charge is 0.484 e. The van der Waals surface area contributed by atoms with E-state index in [0.717, 1.165) is 11.1 Å². The number of para-hydroxylation sites is 1. The molecule has 0 unspecified atom stereocenters. The molecule has 164 valence electrons. The molecule has 0 aromatic heterocycles. The molecule has 0 radical (unpaired) electrons. The Kier molecular flexibility index (Phi) is 7.75. The molecule has 6 heteroatoms. The molecule has 0 atom stereocenters. The van der Waals surface area contributed by atoms with Gasteiger partial charge in [0, 0.05) is 35.8 Å². The molecule has 6 nitrogen and oxygen atoms in total. The lowest BCUT2D eigenvalue weighted by Crippen LogP contribution is -2.20. The van der Waals surface area contributed by atoms with Crippen LogP contribution < -0.4 is 15.4 Å². The molecular weight excluding hydrogens is 404 g/mol. The predicted octanol–water partition coefficient (Wildman–Crippen LogP) is 4.92. The first-order chi connectivity index (χ1) is 15.4. The van der Waals surface area contributed by atoms with Gasteiger partial charge in [0.25, 0.3) is 5.91 Å². The molecule has 2 N–H and O–H groups in total. The summed E-state index contributed by atoms with van der Waals surface area (Å²) in [6.45, 7) is 3.66. The average molecular weight is 431 g/mol. The van der Waals surface area contributed by atoms with Crippen LogP contribution in [0.25, 0.3) is 0 Å². The van der Waals surface area contributed by atoms with Gasteiger partial charge in [0.2, 0.25) is 5.91 Å². The highest BCUT2D eigenvalue weighted by atomic mass is 16.5. The van der Waals surface area contributed by atoms with Gasteiger partial charge in [-0.25, -0.2) is 0 Å². The normalized spacial score (nSPS) is 10.3. The van der Waals surface area contributed by atoms with E-state index in [1.54, 1.807) is 36.4 Å². The van der Waals surface area contributed by atoms with Crippen LogP contribution in [0, 0.1) is 13.8 Å². The number of ketones is 1. The fourth-order valence-corrected chi connectivity index (χ4v) is 3.15. The van der Waals surface area contributed by atoms with E-state index < -0.39 is 0 Å². The molecular formula is C26H26N2O4. The van der Waals surface area contributed by atoms with E-state index in [0.29, 0.717) is 22.7 Å². The van der Waals surface area contributed by atoms with Crippen molar-refractivity contribution in [2.45, 2.75) is 26.7 Å². The number of Topliss-reactive ketones (excluding diaryl/α,β-unsaturated/α-hetero) is 1. The average Bonchev–Trinajstić information content (AvgIpc) is 2.78. The second-order valence-corrected chi connectivity index (χ2v) is 7.52. The maximum absolute atomic E-state index is 12.5. The second-order valence-electron chi connectivity index (χ2n) is 7.52.